The van der Waals surface area contributed by atoms with Crippen LogP contribution in [0.3, 0.4) is 0 Å². The van der Waals surface area contributed by atoms with Gasteiger partial charge in [-0.2, -0.15) is 5.10 Å². The topological polar surface area (TPSA) is 81.1 Å². The van der Waals surface area contributed by atoms with Gasteiger partial charge in [0.15, 0.2) is 0 Å². The third kappa shape index (κ3) is 5.56. The second kappa shape index (κ2) is 8.44. The Hall–Kier alpha value is -1.86. The van der Waals surface area contributed by atoms with E-state index in [-0.39, 0.29) is 6.42 Å². The average Bonchev–Trinajstić information content (AvgIpc) is 3.04. The molecule has 0 aliphatic heterocycles. The Morgan fingerprint density at radius 2 is 1.89 bits per heavy atom. The van der Waals surface area contributed by atoms with Crippen molar-refractivity contribution < 1.29 is 13.2 Å². The fourth-order valence-electron chi connectivity index (χ4n) is 3.50. The summed E-state index contributed by atoms with van der Waals surface area (Å²) >= 11 is 5.99. The van der Waals surface area contributed by atoms with Crippen molar-refractivity contribution in [3.05, 3.63) is 41.0 Å². The molecule has 1 aromatic heterocycles. The van der Waals surface area contributed by atoms with Gasteiger partial charge < -0.3 is 0 Å². The lowest BCUT2D eigenvalue weighted by Crippen LogP contribution is -2.29. The predicted molar refractivity (Wildman–Crippen MR) is 106 cm³/mol. The molecule has 0 spiro atoms. The number of halogens is 1. The summed E-state index contributed by atoms with van der Waals surface area (Å²) in [6, 6.07) is 7.84. The Kier molecular flexibility index (Phi) is 6.22. The van der Waals surface area contributed by atoms with E-state index in [0.29, 0.717) is 17.5 Å². The van der Waals surface area contributed by atoms with E-state index in [1.807, 2.05) is 39.9 Å². The molecule has 1 heterocycles. The molecule has 0 unspecified atom stereocenters. The summed E-state index contributed by atoms with van der Waals surface area (Å²) in [6.07, 6.45) is 9.38. The molecule has 1 aliphatic rings. The minimum Gasteiger partial charge on any atom is -0.274 e. The van der Waals surface area contributed by atoms with Gasteiger partial charge in [0, 0.05) is 23.2 Å². The van der Waals surface area contributed by atoms with Crippen molar-refractivity contribution in [2.75, 3.05) is 6.26 Å². The molecule has 8 heteroatoms. The highest BCUT2D eigenvalue weighted by atomic mass is 35.5. The van der Waals surface area contributed by atoms with Crippen LogP contribution in [0.15, 0.2) is 30.5 Å². The van der Waals surface area contributed by atoms with Gasteiger partial charge in [0.25, 0.3) is 0 Å². The Balaban J connectivity index is 1.84. The first-order chi connectivity index (χ1) is 12.8. The van der Waals surface area contributed by atoms with E-state index >= 15 is 0 Å². The van der Waals surface area contributed by atoms with Crippen LogP contribution in [0.5, 0.6) is 0 Å². The van der Waals surface area contributed by atoms with Crippen molar-refractivity contribution in [2.45, 2.75) is 51.0 Å². The molecule has 0 radical (unpaired) electrons. The van der Waals surface area contributed by atoms with E-state index in [4.69, 9.17) is 16.7 Å². The molecule has 6 nitrogen and oxygen atoms in total. The summed E-state index contributed by atoms with van der Waals surface area (Å²) < 4.78 is 26.5. The van der Waals surface area contributed by atoms with Gasteiger partial charge in [0.1, 0.15) is 0 Å². The molecule has 146 valence electrons. The number of carbonyl (C=O) groups excluding carboxylic acids is 1. The number of benzene rings is 1. The molecule has 1 fully saturated rings. The van der Waals surface area contributed by atoms with Gasteiger partial charge in [0.2, 0.25) is 15.9 Å². The monoisotopic (exact) mass is 409 g/mol. The minimum atomic E-state index is -3.54. The van der Waals surface area contributed by atoms with Crippen molar-refractivity contribution in [3.8, 4) is 11.3 Å². The second-order valence-electron chi connectivity index (χ2n) is 7.08. The van der Waals surface area contributed by atoms with Crippen LogP contribution in [0, 0.1) is 0 Å². The van der Waals surface area contributed by atoms with Gasteiger partial charge in [-0.3, -0.25) is 14.2 Å². The van der Waals surface area contributed by atoms with Gasteiger partial charge in [-0.05, 0) is 37.0 Å². The third-order valence-corrected chi connectivity index (χ3v) is 5.65. The average molecular weight is 410 g/mol. The van der Waals surface area contributed by atoms with E-state index in [0.717, 1.165) is 35.9 Å². The van der Waals surface area contributed by atoms with Crippen molar-refractivity contribution in [2.24, 2.45) is 0 Å². The molecule has 0 saturated heterocycles. The van der Waals surface area contributed by atoms with Crippen LogP contribution < -0.4 is 4.72 Å². The van der Waals surface area contributed by atoms with Gasteiger partial charge in [-0.25, -0.2) is 8.42 Å². The molecule has 1 aliphatic carbocycles. The number of hydrogen-bond acceptors (Lipinski definition) is 4. The van der Waals surface area contributed by atoms with Crippen molar-refractivity contribution >= 4 is 27.5 Å². The Labute approximate surface area is 165 Å². The number of rotatable bonds is 6. The second-order valence-corrected chi connectivity index (χ2v) is 9.26. The van der Waals surface area contributed by atoms with Crippen LogP contribution in [-0.2, 0) is 21.2 Å². The number of hydrogen-bond donors (Lipinski definition) is 1. The molecule has 1 amide bonds. The molecule has 1 saturated carbocycles. The number of aromatic nitrogens is 2. The zero-order chi connectivity index (χ0) is 19.4. The quantitative estimate of drug-likeness (QED) is 0.788. The van der Waals surface area contributed by atoms with Gasteiger partial charge >= 0.3 is 0 Å². The minimum absolute atomic E-state index is 0.0873. The molecular weight excluding hydrogens is 386 g/mol. The normalized spacial score (nSPS) is 15.6. The maximum Gasteiger partial charge on any atom is 0.233 e. The van der Waals surface area contributed by atoms with E-state index < -0.39 is 15.9 Å². The summed E-state index contributed by atoms with van der Waals surface area (Å²) in [7, 11) is -3.54. The van der Waals surface area contributed by atoms with Crippen LogP contribution in [0.1, 0.15) is 50.1 Å². The summed E-state index contributed by atoms with van der Waals surface area (Å²) in [4.78, 5) is 11.9. The maximum atomic E-state index is 11.9. The van der Waals surface area contributed by atoms with E-state index in [1.165, 1.54) is 19.3 Å². The smallest absolute Gasteiger partial charge is 0.233 e. The lowest BCUT2D eigenvalue weighted by Gasteiger charge is -2.21. The molecular formula is C19H24ClN3O3S. The van der Waals surface area contributed by atoms with Crippen LogP contribution in [0.25, 0.3) is 11.3 Å². The van der Waals surface area contributed by atoms with E-state index in [2.05, 4.69) is 0 Å². The number of sulfonamides is 1. The Bertz CT molecular complexity index is 901. The molecule has 0 atom stereocenters. The largest absolute Gasteiger partial charge is 0.274 e. The fraction of sp³-hybridized carbons (Fsp3) is 0.474. The standard InChI is InChI=1S/C19H24ClN3O3S/c1-27(25,26)22-18(24)12-9-15-13-23(17-5-3-2-4-6-17)21-19(15)14-7-10-16(20)11-8-14/h7-8,10-11,13,17H,2-6,9,12H2,1H3,(H,22,24). The van der Waals surface area contributed by atoms with Crippen molar-refractivity contribution in [1.29, 1.82) is 0 Å². The van der Waals surface area contributed by atoms with Gasteiger partial charge in [-0.15, -0.1) is 0 Å². The maximum absolute atomic E-state index is 11.9. The molecule has 1 aromatic carbocycles. The SMILES string of the molecule is CS(=O)(=O)NC(=O)CCc1cn(C2CCCCC2)nc1-c1ccc(Cl)cc1. The zero-order valence-electron chi connectivity index (χ0n) is 15.3. The van der Waals surface area contributed by atoms with Crippen LogP contribution in [0.2, 0.25) is 5.02 Å². The zero-order valence-corrected chi connectivity index (χ0v) is 16.9. The van der Waals surface area contributed by atoms with Gasteiger partial charge in [-0.1, -0.05) is 43.0 Å². The predicted octanol–water partition coefficient (Wildman–Crippen LogP) is 3.72. The molecule has 27 heavy (non-hydrogen) atoms. The summed E-state index contributed by atoms with van der Waals surface area (Å²) in [5.41, 5.74) is 2.70. The Morgan fingerprint density at radius 3 is 2.52 bits per heavy atom. The van der Waals surface area contributed by atoms with Crippen molar-refractivity contribution in [1.82, 2.24) is 14.5 Å². The lowest BCUT2D eigenvalue weighted by atomic mass is 9.96. The van der Waals surface area contributed by atoms with E-state index in [9.17, 15) is 13.2 Å². The lowest BCUT2D eigenvalue weighted by molar-refractivity contribution is -0.119. The number of carbonyl (C=O) groups is 1. The molecule has 0 bridgehead atoms. The number of amides is 1. The third-order valence-electron chi connectivity index (χ3n) is 4.79. The summed E-state index contributed by atoms with van der Waals surface area (Å²) in [5.74, 6) is -0.509. The number of nitrogens with zero attached hydrogens (tertiary/aromatic N) is 2. The van der Waals surface area contributed by atoms with Crippen LogP contribution >= 0.6 is 11.6 Å². The molecule has 3 rings (SSSR count). The summed E-state index contributed by atoms with van der Waals surface area (Å²) in [6.45, 7) is 0. The first kappa shape index (κ1) is 19.9. The van der Waals surface area contributed by atoms with E-state index in [1.54, 1.807) is 0 Å². The summed E-state index contributed by atoms with van der Waals surface area (Å²) in [5, 5.41) is 5.46. The highest BCUT2D eigenvalue weighted by Crippen LogP contribution is 2.31. The number of nitrogens with one attached hydrogen (secondary N) is 1. The first-order valence-electron chi connectivity index (χ1n) is 9.16. The number of aryl methyl sites for hydroxylation is 1. The molecule has 2 aromatic rings. The van der Waals surface area contributed by atoms with Crippen LogP contribution in [0.4, 0.5) is 0 Å². The van der Waals surface area contributed by atoms with Crippen LogP contribution in [-0.4, -0.2) is 30.4 Å². The highest BCUT2D eigenvalue weighted by Gasteiger charge is 2.20. The fourth-order valence-corrected chi connectivity index (χ4v) is 4.14. The van der Waals surface area contributed by atoms with Gasteiger partial charge in [0.05, 0.1) is 18.0 Å². The first-order valence-corrected chi connectivity index (χ1v) is 11.4. The molecule has 1 N–H and O–H groups in total. The Morgan fingerprint density at radius 1 is 1.22 bits per heavy atom. The van der Waals surface area contributed by atoms with Crippen molar-refractivity contribution in [3.63, 3.8) is 0 Å². The highest BCUT2D eigenvalue weighted by molar-refractivity contribution is 7.89.